The van der Waals surface area contributed by atoms with Gasteiger partial charge in [0.25, 0.3) is 11.5 Å². The van der Waals surface area contributed by atoms with Crippen LogP contribution >= 0.6 is 0 Å². The van der Waals surface area contributed by atoms with E-state index in [9.17, 15) is 9.59 Å². The number of amides is 1. The number of aryl methyl sites for hydroxylation is 2. The minimum Gasteiger partial charge on any atom is -0.322 e. The largest absolute Gasteiger partial charge is 0.322 e. The van der Waals surface area contributed by atoms with E-state index in [2.05, 4.69) is 10.3 Å². The molecule has 4 heteroatoms. The van der Waals surface area contributed by atoms with Crippen LogP contribution in [0.15, 0.2) is 47.3 Å². The van der Waals surface area contributed by atoms with Gasteiger partial charge in [-0.1, -0.05) is 24.3 Å². The van der Waals surface area contributed by atoms with E-state index in [0.29, 0.717) is 11.3 Å². The molecule has 1 aliphatic rings. The Morgan fingerprint density at radius 2 is 1.80 bits per heavy atom. The smallest absolute Gasteiger partial charge is 0.255 e. The van der Waals surface area contributed by atoms with Gasteiger partial charge in [-0.3, -0.25) is 9.59 Å². The van der Waals surface area contributed by atoms with Crippen molar-refractivity contribution in [1.29, 1.82) is 0 Å². The molecular weight excluding hydrogens is 312 g/mol. The molecular formula is C21H20N2O2. The highest BCUT2D eigenvalue weighted by Gasteiger charge is 2.17. The van der Waals surface area contributed by atoms with E-state index in [1.165, 1.54) is 5.56 Å². The lowest BCUT2D eigenvalue weighted by Gasteiger charge is -2.17. The number of pyridine rings is 1. The number of nitrogens with one attached hydrogen (secondary N) is 2. The van der Waals surface area contributed by atoms with Gasteiger partial charge in [-0.25, -0.2) is 0 Å². The molecule has 1 aromatic heterocycles. The second-order valence-electron chi connectivity index (χ2n) is 6.65. The van der Waals surface area contributed by atoms with Crippen LogP contribution in [0.5, 0.6) is 0 Å². The third kappa shape index (κ3) is 2.84. The summed E-state index contributed by atoms with van der Waals surface area (Å²) in [5.41, 5.74) is 5.16. The number of carbonyl (C=O) groups excluding carboxylic acids is 1. The number of aromatic amines is 1. The fraction of sp³-hybridized carbons (Fsp3) is 0.238. The molecule has 2 aromatic carbocycles. The van der Waals surface area contributed by atoms with Crippen molar-refractivity contribution < 1.29 is 4.79 Å². The molecule has 0 saturated carbocycles. The van der Waals surface area contributed by atoms with Crippen LogP contribution in [0.4, 0.5) is 5.69 Å². The van der Waals surface area contributed by atoms with Gasteiger partial charge in [0.15, 0.2) is 0 Å². The van der Waals surface area contributed by atoms with Crippen molar-refractivity contribution in [2.45, 2.75) is 32.6 Å². The summed E-state index contributed by atoms with van der Waals surface area (Å²) in [6.45, 7) is 1.92. The SMILES string of the molecule is Cc1ccccc1C(=O)Nc1ccc2c3c(c(=O)[nH]c2c1)CCCC3. The van der Waals surface area contributed by atoms with Gasteiger partial charge in [-0.2, -0.15) is 0 Å². The number of aromatic nitrogens is 1. The molecule has 0 unspecified atom stereocenters. The van der Waals surface area contributed by atoms with Crippen LogP contribution in [0.25, 0.3) is 10.9 Å². The first-order valence-electron chi connectivity index (χ1n) is 8.68. The van der Waals surface area contributed by atoms with Gasteiger partial charge in [0, 0.05) is 22.2 Å². The minimum absolute atomic E-state index is 0.00424. The highest BCUT2D eigenvalue weighted by molar-refractivity contribution is 6.06. The molecule has 0 bridgehead atoms. The van der Waals surface area contributed by atoms with E-state index in [4.69, 9.17) is 0 Å². The predicted molar refractivity (Wildman–Crippen MR) is 100 cm³/mol. The second-order valence-corrected chi connectivity index (χ2v) is 6.65. The number of H-pyrrole nitrogens is 1. The third-order valence-corrected chi connectivity index (χ3v) is 4.98. The highest BCUT2D eigenvalue weighted by Crippen LogP contribution is 2.27. The zero-order valence-corrected chi connectivity index (χ0v) is 14.2. The molecule has 0 fully saturated rings. The van der Waals surface area contributed by atoms with E-state index in [1.807, 2.05) is 49.4 Å². The molecule has 0 radical (unpaired) electrons. The summed E-state index contributed by atoms with van der Waals surface area (Å²) in [6.07, 6.45) is 4.00. The van der Waals surface area contributed by atoms with Gasteiger partial charge in [0.2, 0.25) is 0 Å². The summed E-state index contributed by atoms with van der Waals surface area (Å²) < 4.78 is 0. The standard InChI is InChI=1S/C21H20N2O2/c1-13-6-2-3-7-15(13)20(24)22-14-10-11-17-16-8-4-5-9-18(16)21(25)23-19(17)12-14/h2-3,6-7,10-12H,4-5,8-9H2,1H3,(H,22,24)(H,23,25). The maximum atomic E-state index is 12.5. The van der Waals surface area contributed by atoms with Gasteiger partial charge in [-0.05, 0) is 61.9 Å². The molecule has 0 atom stereocenters. The van der Waals surface area contributed by atoms with Crippen LogP contribution < -0.4 is 10.9 Å². The van der Waals surface area contributed by atoms with E-state index in [-0.39, 0.29) is 11.5 Å². The van der Waals surface area contributed by atoms with Gasteiger partial charge in [0.1, 0.15) is 0 Å². The Hall–Kier alpha value is -2.88. The van der Waals surface area contributed by atoms with E-state index < -0.39 is 0 Å². The number of fused-ring (bicyclic) bond motifs is 3. The van der Waals surface area contributed by atoms with Crippen LogP contribution in [-0.2, 0) is 12.8 Å². The van der Waals surface area contributed by atoms with Crippen LogP contribution in [0, 0.1) is 6.92 Å². The summed E-state index contributed by atoms with van der Waals surface area (Å²) in [4.78, 5) is 27.8. The van der Waals surface area contributed by atoms with Crippen molar-refractivity contribution in [3.05, 3.63) is 75.1 Å². The first-order chi connectivity index (χ1) is 12.1. The number of rotatable bonds is 2. The average Bonchev–Trinajstić information content (AvgIpc) is 2.62. The fourth-order valence-electron chi connectivity index (χ4n) is 3.67. The summed E-state index contributed by atoms with van der Waals surface area (Å²) >= 11 is 0. The van der Waals surface area contributed by atoms with Crippen molar-refractivity contribution in [2.75, 3.05) is 5.32 Å². The predicted octanol–water partition coefficient (Wildman–Crippen LogP) is 3.97. The van der Waals surface area contributed by atoms with Crippen molar-refractivity contribution in [1.82, 2.24) is 4.98 Å². The normalized spacial score (nSPS) is 13.5. The molecule has 0 aliphatic heterocycles. The Kier molecular flexibility index (Phi) is 3.88. The lowest BCUT2D eigenvalue weighted by Crippen LogP contribution is -2.19. The Labute approximate surface area is 145 Å². The first-order valence-corrected chi connectivity index (χ1v) is 8.68. The molecule has 2 N–H and O–H groups in total. The third-order valence-electron chi connectivity index (χ3n) is 4.98. The maximum absolute atomic E-state index is 12.5. The van der Waals surface area contributed by atoms with Crippen molar-refractivity contribution >= 4 is 22.5 Å². The zero-order chi connectivity index (χ0) is 17.4. The molecule has 0 spiro atoms. The Morgan fingerprint density at radius 1 is 1.04 bits per heavy atom. The minimum atomic E-state index is -0.141. The molecule has 1 aliphatic carbocycles. The topological polar surface area (TPSA) is 62.0 Å². The quantitative estimate of drug-likeness (QED) is 0.746. The van der Waals surface area contributed by atoms with Crippen LogP contribution in [0.1, 0.15) is 39.9 Å². The monoisotopic (exact) mass is 332 g/mol. The van der Waals surface area contributed by atoms with Gasteiger partial charge < -0.3 is 10.3 Å². The van der Waals surface area contributed by atoms with Gasteiger partial charge in [0.05, 0.1) is 5.52 Å². The first kappa shape index (κ1) is 15.6. The number of hydrogen-bond acceptors (Lipinski definition) is 2. The van der Waals surface area contributed by atoms with Crippen LogP contribution in [0.3, 0.4) is 0 Å². The molecule has 4 rings (SSSR count). The lowest BCUT2D eigenvalue weighted by atomic mass is 9.90. The molecule has 0 saturated heterocycles. The molecule has 4 nitrogen and oxygen atoms in total. The van der Waals surface area contributed by atoms with E-state index in [1.54, 1.807) is 0 Å². The molecule has 126 valence electrons. The highest BCUT2D eigenvalue weighted by atomic mass is 16.1. The lowest BCUT2D eigenvalue weighted by molar-refractivity contribution is 0.102. The molecule has 1 amide bonds. The van der Waals surface area contributed by atoms with Crippen molar-refractivity contribution in [2.24, 2.45) is 0 Å². The van der Waals surface area contributed by atoms with Crippen LogP contribution in [0.2, 0.25) is 0 Å². The molecule has 25 heavy (non-hydrogen) atoms. The van der Waals surface area contributed by atoms with E-state index in [0.717, 1.165) is 47.7 Å². The molecule has 3 aromatic rings. The van der Waals surface area contributed by atoms with Gasteiger partial charge in [-0.15, -0.1) is 0 Å². The Bertz CT molecular complexity index is 1030. The van der Waals surface area contributed by atoms with Crippen molar-refractivity contribution in [3.63, 3.8) is 0 Å². The van der Waals surface area contributed by atoms with Crippen LogP contribution in [-0.4, -0.2) is 10.9 Å². The van der Waals surface area contributed by atoms with Crippen molar-refractivity contribution in [3.8, 4) is 0 Å². The maximum Gasteiger partial charge on any atom is 0.255 e. The summed E-state index contributed by atoms with van der Waals surface area (Å²) in [5.74, 6) is -0.141. The Balaban J connectivity index is 1.71. The fourth-order valence-corrected chi connectivity index (χ4v) is 3.67. The summed E-state index contributed by atoms with van der Waals surface area (Å²) in [7, 11) is 0. The zero-order valence-electron chi connectivity index (χ0n) is 14.2. The summed E-state index contributed by atoms with van der Waals surface area (Å²) in [5, 5.41) is 4.02. The Morgan fingerprint density at radius 3 is 2.60 bits per heavy atom. The number of benzene rings is 2. The number of anilines is 1. The average molecular weight is 332 g/mol. The molecule has 1 heterocycles. The summed E-state index contributed by atoms with van der Waals surface area (Å²) in [6, 6.07) is 13.3. The number of hydrogen-bond donors (Lipinski definition) is 2. The number of carbonyl (C=O) groups is 1. The second kappa shape index (κ2) is 6.20. The van der Waals surface area contributed by atoms with E-state index >= 15 is 0 Å². The van der Waals surface area contributed by atoms with Gasteiger partial charge >= 0.3 is 0 Å².